The van der Waals surface area contributed by atoms with E-state index < -0.39 is 15.6 Å². The maximum Gasteiger partial charge on any atom is 0.241 e. The zero-order chi connectivity index (χ0) is 15.2. The van der Waals surface area contributed by atoms with Crippen LogP contribution >= 0.6 is 0 Å². The molecule has 0 fully saturated rings. The van der Waals surface area contributed by atoms with Gasteiger partial charge in [-0.1, -0.05) is 19.8 Å². The Balaban J connectivity index is 3.02. The van der Waals surface area contributed by atoms with Gasteiger partial charge in [0.1, 0.15) is 5.75 Å². The fraction of sp³-hybridized carbons (Fsp3) is 0.467. The largest absolute Gasteiger partial charge is 0.494 e. The normalized spacial score (nSPS) is 11.9. The first-order chi connectivity index (χ1) is 9.43. The van der Waals surface area contributed by atoms with Crippen molar-refractivity contribution < 1.29 is 13.2 Å². The van der Waals surface area contributed by atoms with E-state index in [0.717, 1.165) is 0 Å². The third kappa shape index (κ3) is 3.75. The molecule has 110 valence electrons. The molecule has 1 N–H and O–H groups in total. The molecule has 1 aromatic carbocycles. The van der Waals surface area contributed by atoms with Crippen molar-refractivity contribution in [2.45, 2.75) is 44.0 Å². The van der Waals surface area contributed by atoms with Gasteiger partial charge < -0.3 is 4.74 Å². The van der Waals surface area contributed by atoms with Gasteiger partial charge >= 0.3 is 0 Å². The Labute approximate surface area is 121 Å². The highest BCUT2D eigenvalue weighted by atomic mass is 32.2. The topological polar surface area (TPSA) is 55.4 Å². The molecule has 0 aliphatic heterocycles. The Hall–Kier alpha value is -1.51. The highest BCUT2D eigenvalue weighted by Gasteiger charge is 2.30. The zero-order valence-corrected chi connectivity index (χ0v) is 13.0. The summed E-state index contributed by atoms with van der Waals surface area (Å²) >= 11 is 0. The Bertz CT molecular complexity index is 566. The number of terminal acetylenes is 1. The highest BCUT2D eigenvalue weighted by molar-refractivity contribution is 7.89. The highest BCUT2D eigenvalue weighted by Crippen LogP contribution is 2.21. The molecule has 0 spiro atoms. The van der Waals surface area contributed by atoms with Crippen molar-refractivity contribution in [2.75, 3.05) is 6.61 Å². The lowest BCUT2D eigenvalue weighted by Crippen LogP contribution is -2.46. The molecule has 0 amide bonds. The lowest BCUT2D eigenvalue weighted by atomic mass is 9.96. The first-order valence-corrected chi connectivity index (χ1v) is 8.16. The number of benzene rings is 1. The number of hydrogen-bond donors (Lipinski definition) is 1. The summed E-state index contributed by atoms with van der Waals surface area (Å²) in [6.07, 6.45) is 6.56. The van der Waals surface area contributed by atoms with Crippen LogP contribution in [-0.4, -0.2) is 20.6 Å². The van der Waals surface area contributed by atoms with E-state index in [1.165, 1.54) is 12.1 Å². The van der Waals surface area contributed by atoms with Crippen LogP contribution in [0.1, 0.15) is 33.6 Å². The van der Waals surface area contributed by atoms with Gasteiger partial charge in [0, 0.05) is 0 Å². The van der Waals surface area contributed by atoms with E-state index in [1.807, 2.05) is 20.8 Å². The van der Waals surface area contributed by atoms with Crippen LogP contribution in [0.15, 0.2) is 29.2 Å². The van der Waals surface area contributed by atoms with Gasteiger partial charge in [0.15, 0.2) is 0 Å². The second kappa shape index (κ2) is 6.78. The van der Waals surface area contributed by atoms with Crippen molar-refractivity contribution >= 4 is 10.0 Å². The van der Waals surface area contributed by atoms with E-state index in [1.54, 1.807) is 12.1 Å². The molecule has 1 aromatic rings. The summed E-state index contributed by atoms with van der Waals surface area (Å²) in [6.45, 7) is 6.14. The SMILES string of the molecule is C#CC(CC)(CC)NS(=O)(=O)c1ccc(OCC)cc1. The monoisotopic (exact) mass is 295 g/mol. The van der Waals surface area contributed by atoms with Crippen molar-refractivity contribution in [1.82, 2.24) is 4.72 Å². The first kappa shape index (κ1) is 16.5. The van der Waals surface area contributed by atoms with Crippen LogP contribution in [0.5, 0.6) is 5.75 Å². The minimum absolute atomic E-state index is 0.183. The average molecular weight is 295 g/mol. The van der Waals surface area contributed by atoms with Gasteiger partial charge in [-0.05, 0) is 44.0 Å². The Morgan fingerprint density at radius 3 is 2.15 bits per heavy atom. The Kier molecular flexibility index (Phi) is 5.61. The molecule has 0 atom stereocenters. The number of ether oxygens (including phenoxy) is 1. The number of rotatable bonds is 7. The molecule has 0 heterocycles. The second-order valence-corrected chi connectivity index (χ2v) is 6.13. The molecule has 0 saturated carbocycles. The smallest absolute Gasteiger partial charge is 0.241 e. The van der Waals surface area contributed by atoms with E-state index in [0.29, 0.717) is 25.2 Å². The number of sulfonamides is 1. The molecule has 1 rings (SSSR count). The minimum atomic E-state index is -3.63. The number of nitrogens with one attached hydrogen (secondary N) is 1. The maximum absolute atomic E-state index is 12.3. The predicted octanol–water partition coefficient (Wildman–Crippen LogP) is 2.56. The number of hydrogen-bond acceptors (Lipinski definition) is 3. The van der Waals surface area contributed by atoms with Crippen LogP contribution in [0, 0.1) is 12.3 Å². The summed E-state index contributed by atoms with van der Waals surface area (Å²) in [5.41, 5.74) is -0.836. The summed E-state index contributed by atoms with van der Waals surface area (Å²) in [4.78, 5) is 0.183. The average Bonchev–Trinajstić information content (AvgIpc) is 2.46. The van der Waals surface area contributed by atoms with Crippen molar-refractivity contribution in [2.24, 2.45) is 0 Å². The molecule has 0 unspecified atom stereocenters. The van der Waals surface area contributed by atoms with E-state index in [2.05, 4.69) is 10.6 Å². The van der Waals surface area contributed by atoms with E-state index in [4.69, 9.17) is 11.2 Å². The molecule has 0 saturated heterocycles. The summed E-state index contributed by atoms with van der Waals surface area (Å²) < 4.78 is 32.6. The quantitative estimate of drug-likeness (QED) is 0.787. The summed E-state index contributed by atoms with van der Waals surface area (Å²) in [6, 6.07) is 6.29. The maximum atomic E-state index is 12.3. The van der Waals surface area contributed by atoms with Crippen LogP contribution in [0.3, 0.4) is 0 Å². The van der Waals surface area contributed by atoms with Gasteiger partial charge in [0.2, 0.25) is 10.0 Å². The fourth-order valence-electron chi connectivity index (χ4n) is 1.83. The summed E-state index contributed by atoms with van der Waals surface area (Å²) in [5.74, 6) is 3.20. The molecule has 0 aliphatic carbocycles. The predicted molar refractivity (Wildman–Crippen MR) is 80.1 cm³/mol. The van der Waals surface area contributed by atoms with Crippen molar-refractivity contribution in [3.05, 3.63) is 24.3 Å². The lowest BCUT2D eigenvalue weighted by molar-refractivity contribution is 0.340. The van der Waals surface area contributed by atoms with Crippen molar-refractivity contribution in [3.8, 4) is 18.1 Å². The summed E-state index contributed by atoms with van der Waals surface area (Å²) in [5, 5.41) is 0. The van der Waals surface area contributed by atoms with E-state index >= 15 is 0 Å². The first-order valence-electron chi connectivity index (χ1n) is 6.67. The van der Waals surface area contributed by atoms with Crippen LogP contribution in [0.2, 0.25) is 0 Å². The Morgan fingerprint density at radius 2 is 1.75 bits per heavy atom. The molecule has 0 radical (unpaired) electrons. The van der Waals surface area contributed by atoms with Crippen LogP contribution in [0.4, 0.5) is 0 Å². The van der Waals surface area contributed by atoms with E-state index in [-0.39, 0.29) is 4.90 Å². The molecule has 4 nitrogen and oxygen atoms in total. The molecule has 0 aromatic heterocycles. The van der Waals surface area contributed by atoms with Crippen molar-refractivity contribution in [1.29, 1.82) is 0 Å². The van der Waals surface area contributed by atoms with Gasteiger partial charge in [0.05, 0.1) is 17.0 Å². The van der Waals surface area contributed by atoms with Crippen molar-refractivity contribution in [3.63, 3.8) is 0 Å². The van der Waals surface area contributed by atoms with Crippen LogP contribution < -0.4 is 9.46 Å². The molecule has 20 heavy (non-hydrogen) atoms. The van der Waals surface area contributed by atoms with Crippen LogP contribution in [0.25, 0.3) is 0 Å². The Morgan fingerprint density at radius 1 is 1.20 bits per heavy atom. The summed E-state index contributed by atoms with van der Waals surface area (Å²) in [7, 11) is -3.63. The standard InChI is InChI=1S/C15H21NO3S/c1-5-15(6-2,7-3)16-20(17,18)14-11-9-13(10-12-14)19-8-4/h1,9-12,16H,6-8H2,2-4H3. The van der Waals surface area contributed by atoms with Crippen LogP contribution in [-0.2, 0) is 10.0 Å². The van der Waals surface area contributed by atoms with Gasteiger partial charge in [-0.2, -0.15) is 4.72 Å². The second-order valence-electron chi connectivity index (χ2n) is 4.44. The minimum Gasteiger partial charge on any atom is -0.494 e. The third-order valence-electron chi connectivity index (χ3n) is 3.26. The third-order valence-corrected chi connectivity index (χ3v) is 4.81. The zero-order valence-electron chi connectivity index (χ0n) is 12.1. The molecule has 0 aliphatic rings. The lowest BCUT2D eigenvalue weighted by Gasteiger charge is -2.26. The fourth-order valence-corrected chi connectivity index (χ4v) is 3.30. The van der Waals surface area contributed by atoms with Gasteiger partial charge in [-0.3, -0.25) is 0 Å². The molecular weight excluding hydrogens is 274 g/mol. The van der Waals surface area contributed by atoms with Gasteiger partial charge in [-0.25, -0.2) is 8.42 Å². The van der Waals surface area contributed by atoms with Gasteiger partial charge in [0.25, 0.3) is 0 Å². The molecule has 5 heteroatoms. The van der Waals surface area contributed by atoms with E-state index in [9.17, 15) is 8.42 Å². The molecule has 0 bridgehead atoms. The molecular formula is C15H21NO3S. The van der Waals surface area contributed by atoms with Gasteiger partial charge in [-0.15, -0.1) is 6.42 Å².